The molecule has 0 bridgehead atoms. The van der Waals surface area contributed by atoms with Gasteiger partial charge in [0.1, 0.15) is 5.44 Å². The number of aliphatic hydroxyl groups is 1. The molecular formula is C18H22O3S. The highest BCUT2D eigenvalue weighted by molar-refractivity contribution is 7.99. The minimum atomic E-state index is -0.166. The zero-order chi connectivity index (χ0) is 15.6. The van der Waals surface area contributed by atoms with Gasteiger partial charge in [0, 0.05) is 25.0 Å². The summed E-state index contributed by atoms with van der Waals surface area (Å²) in [6.45, 7) is 0.593. The lowest BCUT2D eigenvalue weighted by molar-refractivity contribution is -0.0370. The van der Waals surface area contributed by atoms with E-state index in [1.807, 2.05) is 60.7 Å². The lowest BCUT2D eigenvalue weighted by Crippen LogP contribution is -2.29. The Balaban J connectivity index is 1.97. The van der Waals surface area contributed by atoms with Gasteiger partial charge < -0.3 is 14.6 Å². The molecule has 1 N–H and O–H groups in total. The number of benzene rings is 2. The molecule has 0 aliphatic carbocycles. The molecule has 0 spiro atoms. The van der Waals surface area contributed by atoms with Crippen molar-refractivity contribution in [3.05, 3.63) is 66.2 Å². The SMILES string of the molecule is CO[C@@H](Sc1ccccc1)[C@H](CCO)OCc1ccccc1. The monoisotopic (exact) mass is 318 g/mol. The fourth-order valence-electron chi connectivity index (χ4n) is 2.11. The van der Waals surface area contributed by atoms with Crippen molar-refractivity contribution < 1.29 is 14.6 Å². The number of hydrogen-bond donors (Lipinski definition) is 1. The molecule has 22 heavy (non-hydrogen) atoms. The average molecular weight is 318 g/mol. The van der Waals surface area contributed by atoms with Crippen LogP contribution in [0.4, 0.5) is 0 Å². The lowest BCUT2D eigenvalue weighted by atomic mass is 10.2. The highest BCUT2D eigenvalue weighted by Crippen LogP contribution is 2.28. The molecular weight excluding hydrogens is 296 g/mol. The summed E-state index contributed by atoms with van der Waals surface area (Å²) in [4.78, 5) is 1.13. The Bertz CT molecular complexity index is 518. The molecule has 0 aliphatic rings. The van der Waals surface area contributed by atoms with Crippen molar-refractivity contribution in [2.75, 3.05) is 13.7 Å². The van der Waals surface area contributed by atoms with E-state index in [2.05, 4.69) is 0 Å². The quantitative estimate of drug-likeness (QED) is 0.565. The van der Waals surface area contributed by atoms with Crippen molar-refractivity contribution in [1.29, 1.82) is 0 Å². The summed E-state index contributed by atoms with van der Waals surface area (Å²) in [6.07, 6.45) is 0.381. The summed E-state index contributed by atoms with van der Waals surface area (Å²) in [5, 5.41) is 9.30. The van der Waals surface area contributed by atoms with Gasteiger partial charge in [-0.05, 0) is 17.7 Å². The van der Waals surface area contributed by atoms with Crippen molar-refractivity contribution in [2.45, 2.75) is 29.5 Å². The molecule has 0 radical (unpaired) electrons. The summed E-state index contributed by atoms with van der Waals surface area (Å²) in [6, 6.07) is 20.1. The summed E-state index contributed by atoms with van der Waals surface area (Å²) >= 11 is 1.61. The maximum atomic E-state index is 9.30. The van der Waals surface area contributed by atoms with Crippen LogP contribution in [0.2, 0.25) is 0 Å². The minimum absolute atomic E-state index is 0.0780. The summed E-state index contributed by atoms with van der Waals surface area (Å²) in [5.41, 5.74) is 0.961. The fraction of sp³-hybridized carbons (Fsp3) is 0.333. The van der Waals surface area contributed by atoms with E-state index in [4.69, 9.17) is 9.47 Å². The predicted octanol–water partition coefficient (Wildman–Crippen LogP) is 3.72. The maximum absolute atomic E-state index is 9.30. The van der Waals surface area contributed by atoms with Crippen LogP contribution in [0.25, 0.3) is 0 Å². The Hall–Kier alpha value is -1.33. The van der Waals surface area contributed by atoms with Crippen LogP contribution in [-0.4, -0.2) is 30.4 Å². The van der Waals surface area contributed by atoms with E-state index in [9.17, 15) is 5.11 Å². The maximum Gasteiger partial charge on any atom is 0.133 e. The second-order valence-corrected chi connectivity index (χ2v) is 6.05. The van der Waals surface area contributed by atoms with Crippen molar-refractivity contribution >= 4 is 11.8 Å². The average Bonchev–Trinajstić information content (AvgIpc) is 2.58. The molecule has 4 heteroatoms. The Morgan fingerprint density at radius 2 is 1.64 bits per heavy atom. The van der Waals surface area contributed by atoms with E-state index in [1.54, 1.807) is 18.9 Å². The van der Waals surface area contributed by atoms with E-state index in [0.29, 0.717) is 13.0 Å². The molecule has 0 heterocycles. The number of hydrogen-bond acceptors (Lipinski definition) is 4. The van der Waals surface area contributed by atoms with Gasteiger partial charge in [-0.1, -0.05) is 60.3 Å². The molecule has 0 amide bonds. The Kier molecular flexibility index (Phi) is 7.46. The molecule has 2 atom stereocenters. The second-order valence-electron chi connectivity index (χ2n) is 4.88. The van der Waals surface area contributed by atoms with E-state index in [0.717, 1.165) is 10.5 Å². The smallest absolute Gasteiger partial charge is 0.133 e. The first-order valence-corrected chi connectivity index (χ1v) is 8.22. The molecule has 0 saturated heterocycles. The lowest BCUT2D eigenvalue weighted by Gasteiger charge is -2.25. The van der Waals surface area contributed by atoms with Crippen LogP contribution in [0.3, 0.4) is 0 Å². The highest BCUT2D eigenvalue weighted by Gasteiger charge is 2.23. The number of aliphatic hydroxyl groups excluding tert-OH is 1. The third-order valence-electron chi connectivity index (χ3n) is 3.25. The number of ether oxygens (including phenoxy) is 2. The van der Waals surface area contributed by atoms with Crippen LogP contribution in [0.1, 0.15) is 12.0 Å². The third-order valence-corrected chi connectivity index (χ3v) is 4.52. The summed E-state index contributed by atoms with van der Waals surface area (Å²) < 4.78 is 11.6. The zero-order valence-electron chi connectivity index (χ0n) is 12.7. The van der Waals surface area contributed by atoms with Gasteiger partial charge >= 0.3 is 0 Å². The van der Waals surface area contributed by atoms with Gasteiger partial charge in [0.2, 0.25) is 0 Å². The normalized spacial score (nSPS) is 13.7. The Labute approximate surface area is 136 Å². The van der Waals surface area contributed by atoms with Crippen molar-refractivity contribution in [3.63, 3.8) is 0 Å². The molecule has 2 aromatic rings. The van der Waals surface area contributed by atoms with Crippen molar-refractivity contribution in [3.8, 4) is 0 Å². The van der Waals surface area contributed by atoms with Gasteiger partial charge in [0.05, 0.1) is 12.7 Å². The van der Waals surface area contributed by atoms with E-state index in [-0.39, 0.29) is 18.1 Å². The van der Waals surface area contributed by atoms with Crippen LogP contribution in [0.15, 0.2) is 65.6 Å². The molecule has 0 unspecified atom stereocenters. The van der Waals surface area contributed by atoms with Crippen LogP contribution < -0.4 is 0 Å². The van der Waals surface area contributed by atoms with Gasteiger partial charge in [0.15, 0.2) is 0 Å². The largest absolute Gasteiger partial charge is 0.396 e. The van der Waals surface area contributed by atoms with E-state index < -0.39 is 0 Å². The standard InChI is InChI=1S/C18H22O3S/c1-20-18(22-16-10-6-3-7-11-16)17(12-13-19)21-14-15-8-4-2-5-9-15/h2-11,17-19H,12-14H2,1H3/t17-,18-/m0/s1. The van der Waals surface area contributed by atoms with Crippen LogP contribution in [0.5, 0.6) is 0 Å². The first-order chi connectivity index (χ1) is 10.8. The van der Waals surface area contributed by atoms with Gasteiger partial charge in [-0.25, -0.2) is 0 Å². The molecule has 0 aromatic heterocycles. The third kappa shape index (κ3) is 5.46. The minimum Gasteiger partial charge on any atom is -0.396 e. The van der Waals surface area contributed by atoms with Crippen molar-refractivity contribution in [2.24, 2.45) is 0 Å². The highest BCUT2D eigenvalue weighted by atomic mass is 32.2. The molecule has 3 nitrogen and oxygen atoms in total. The van der Waals surface area contributed by atoms with E-state index in [1.165, 1.54) is 0 Å². The molecule has 2 rings (SSSR count). The van der Waals surface area contributed by atoms with Crippen LogP contribution in [0, 0.1) is 0 Å². The fourth-order valence-corrected chi connectivity index (χ4v) is 3.16. The Morgan fingerprint density at radius 3 is 2.23 bits per heavy atom. The molecule has 118 valence electrons. The second kappa shape index (κ2) is 9.64. The first kappa shape index (κ1) is 17.0. The zero-order valence-corrected chi connectivity index (χ0v) is 13.5. The molecule has 0 aliphatic heterocycles. The predicted molar refractivity (Wildman–Crippen MR) is 89.8 cm³/mol. The molecule has 0 fully saturated rings. The summed E-state index contributed by atoms with van der Waals surface area (Å²) in [7, 11) is 1.68. The van der Waals surface area contributed by atoms with Gasteiger partial charge in [0.25, 0.3) is 0 Å². The first-order valence-electron chi connectivity index (χ1n) is 7.34. The Morgan fingerprint density at radius 1 is 1.00 bits per heavy atom. The van der Waals surface area contributed by atoms with Gasteiger partial charge in [-0.2, -0.15) is 0 Å². The van der Waals surface area contributed by atoms with Crippen LogP contribution >= 0.6 is 11.8 Å². The number of rotatable bonds is 9. The molecule has 2 aromatic carbocycles. The molecule has 0 saturated carbocycles. The summed E-state index contributed by atoms with van der Waals surface area (Å²) in [5.74, 6) is 0. The van der Waals surface area contributed by atoms with E-state index >= 15 is 0 Å². The van der Waals surface area contributed by atoms with Crippen LogP contribution in [-0.2, 0) is 16.1 Å². The number of methoxy groups -OCH3 is 1. The van der Waals surface area contributed by atoms with Crippen molar-refractivity contribution in [1.82, 2.24) is 0 Å². The van der Waals surface area contributed by atoms with Gasteiger partial charge in [-0.3, -0.25) is 0 Å². The van der Waals surface area contributed by atoms with Gasteiger partial charge in [-0.15, -0.1) is 0 Å². The topological polar surface area (TPSA) is 38.7 Å². The number of thioether (sulfide) groups is 1.